The Morgan fingerprint density at radius 3 is 2.77 bits per heavy atom. The maximum absolute atomic E-state index is 15.3. The van der Waals surface area contributed by atoms with Gasteiger partial charge in [-0.05, 0) is 78.8 Å². The summed E-state index contributed by atoms with van der Waals surface area (Å²) in [6, 6.07) is 9.53. The third kappa shape index (κ3) is 4.58. The van der Waals surface area contributed by atoms with Crippen molar-refractivity contribution in [1.82, 2.24) is 14.9 Å². The Bertz CT molecular complexity index is 1640. The molecule has 2 N–H and O–H groups in total. The molecule has 200 valence electrons. The van der Waals surface area contributed by atoms with E-state index in [0.717, 1.165) is 28.7 Å². The number of carboxylic acids is 1. The molecule has 4 heterocycles. The number of fused-ring (bicyclic) bond motifs is 2. The molecule has 0 saturated heterocycles. The smallest absolute Gasteiger partial charge is 0.307 e. The van der Waals surface area contributed by atoms with Crippen molar-refractivity contribution >= 4 is 11.5 Å². The van der Waals surface area contributed by atoms with Gasteiger partial charge >= 0.3 is 5.97 Å². The summed E-state index contributed by atoms with van der Waals surface area (Å²) in [5, 5.41) is 17.6. The number of nitrogens with zero attached hydrogens (tertiary/aromatic N) is 2. The van der Waals surface area contributed by atoms with E-state index in [1.807, 2.05) is 19.9 Å². The number of allylic oxidation sites excluding steroid dienone is 1. The summed E-state index contributed by atoms with van der Waals surface area (Å²) in [5.74, 6) is -0.766. The highest BCUT2D eigenvalue weighted by molar-refractivity contribution is 5.89. The second kappa shape index (κ2) is 9.72. The molecule has 0 radical (unpaired) electrons. The lowest BCUT2D eigenvalue weighted by Gasteiger charge is -2.23. The van der Waals surface area contributed by atoms with Gasteiger partial charge in [-0.1, -0.05) is 12.1 Å². The molecule has 9 heteroatoms. The van der Waals surface area contributed by atoms with E-state index in [2.05, 4.69) is 5.32 Å². The molecule has 4 aromatic rings. The number of aromatic nitrogens is 2. The van der Waals surface area contributed by atoms with Gasteiger partial charge < -0.3 is 19.9 Å². The van der Waals surface area contributed by atoms with E-state index in [9.17, 15) is 14.3 Å². The van der Waals surface area contributed by atoms with Gasteiger partial charge in [-0.25, -0.2) is 13.3 Å². The first-order valence-electron chi connectivity index (χ1n) is 12.8. The summed E-state index contributed by atoms with van der Waals surface area (Å²) >= 11 is 0. The fraction of sp³-hybridized carbons (Fsp3) is 0.267. The maximum atomic E-state index is 15.3. The minimum atomic E-state index is -0.974. The largest absolute Gasteiger partial charge is 0.490 e. The van der Waals surface area contributed by atoms with Crippen molar-refractivity contribution < 1.29 is 28.2 Å². The van der Waals surface area contributed by atoms with Crippen LogP contribution < -0.4 is 10.1 Å². The van der Waals surface area contributed by atoms with Crippen molar-refractivity contribution in [2.24, 2.45) is 0 Å². The number of aliphatic carboxylic acids is 1. The molecule has 7 nitrogen and oxygen atoms in total. The zero-order valence-corrected chi connectivity index (χ0v) is 21.6. The summed E-state index contributed by atoms with van der Waals surface area (Å²) in [6.45, 7) is 4.23. The first kappa shape index (κ1) is 24.9. The normalized spacial score (nSPS) is 16.3. The van der Waals surface area contributed by atoms with Gasteiger partial charge in [0.25, 0.3) is 0 Å². The number of halogens is 2. The van der Waals surface area contributed by atoms with Crippen LogP contribution in [-0.2, 0) is 28.8 Å². The fourth-order valence-electron chi connectivity index (χ4n) is 5.47. The quantitative estimate of drug-likeness (QED) is 0.339. The average molecular weight is 532 g/mol. The molecular weight excluding hydrogens is 504 g/mol. The molecule has 0 spiro atoms. The van der Waals surface area contributed by atoms with E-state index in [-0.39, 0.29) is 18.0 Å². The maximum Gasteiger partial charge on any atom is 0.307 e. The number of hydrogen-bond donors (Lipinski definition) is 2. The lowest BCUT2D eigenvalue weighted by molar-refractivity contribution is -0.136. The molecule has 1 atom stereocenters. The van der Waals surface area contributed by atoms with Crippen molar-refractivity contribution in [2.75, 3.05) is 6.61 Å². The fourth-order valence-corrected chi connectivity index (χ4v) is 5.47. The Morgan fingerprint density at radius 1 is 1.21 bits per heavy atom. The van der Waals surface area contributed by atoms with Crippen LogP contribution in [0, 0.1) is 25.5 Å². The number of ether oxygens (including phenoxy) is 2. The van der Waals surface area contributed by atoms with Crippen LogP contribution in [-0.4, -0.2) is 27.3 Å². The minimum absolute atomic E-state index is 0.214. The van der Waals surface area contributed by atoms with Crippen LogP contribution in [0.15, 0.2) is 54.6 Å². The molecule has 0 saturated carbocycles. The van der Waals surface area contributed by atoms with E-state index in [1.54, 1.807) is 29.0 Å². The molecule has 39 heavy (non-hydrogen) atoms. The van der Waals surface area contributed by atoms with E-state index in [1.165, 1.54) is 18.2 Å². The van der Waals surface area contributed by atoms with Crippen LogP contribution in [0.3, 0.4) is 0 Å². The zero-order valence-electron chi connectivity index (χ0n) is 21.6. The van der Waals surface area contributed by atoms with Crippen LogP contribution >= 0.6 is 0 Å². The van der Waals surface area contributed by atoms with Gasteiger partial charge in [0.1, 0.15) is 17.3 Å². The number of hydrogen-bond acceptors (Lipinski definition) is 5. The van der Waals surface area contributed by atoms with E-state index in [4.69, 9.17) is 14.6 Å². The first-order chi connectivity index (χ1) is 18.8. The number of carbonyl (C=O) groups is 1. The van der Waals surface area contributed by atoms with Crippen molar-refractivity contribution in [3.05, 3.63) is 99.7 Å². The Labute approximate surface area is 223 Å². The highest BCUT2D eigenvalue weighted by atomic mass is 19.1. The third-order valence-electron chi connectivity index (χ3n) is 7.36. The second-order valence-electron chi connectivity index (χ2n) is 10.0. The SMILES string of the molecule is Cc1cn2nc(C3NC=C(Cc4ccc(F)cc4)O3)cc2c(-c2cc(F)c3c(c2C)CCCO3)c1CC(=O)O. The van der Waals surface area contributed by atoms with Crippen LogP contribution in [0.25, 0.3) is 16.6 Å². The Kier molecular flexibility index (Phi) is 6.21. The van der Waals surface area contributed by atoms with Gasteiger partial charge in [0.15, 0.2) is 11.6 Å². The monoisotopic (exact) mass is 531 g/mol. The predicted molar refractivity (Wildman–Crippen MR) is 140 cm³/mol. The van der Waals surface area contributed by atoms with Gasteiger partial charge in [0.05, 0.1) is 18.5 Å². The standard InChI is InChI=1S/C30H27F2N3O4/c1-16-15-35-26(13-25(34-35)30-33-14-20(39-30)10-18-5-7-19(31)8-6-18)28(22(16)12-27(36)37)23-11-24(32)29-21(17(23)2)4-3-9-38-29/h5-8,11,13-15,30,33H,3-4,9-10,12H2,1-2H3,(H,36,37). The van der Waals surface area contributed by atoms with Gasteiger partial charge in [-0.3, -0.25) is 4.79 Å². The van der Waals surface area contributed by atoms with Crippen molar-refractivity contribution in [1.29, 1.82) is 0 Å². The topological polar surface area (TPSA) is 85.1 Å². The number of carboxylic acid groups (broad SMARTS) is 1. The highest BCUT2D eigenvalue weighted by Crippen LogP contribution is 2.41. The van der Waals surface area contributed by atoms with E-state index >= 15 is 4.39 Å². The molecule has 2 aromatic heterocycles. The van der Waals surface area contributed by atoms with Gasteiger partial charge in [0.2, 0.25) is 6.23 Å². The van der Waals surface area contributed by atoms with E-state index < -0.39 is 18.0 Å². The molecular formula is C30H27F2N3O4. The lowest BCUT2D eigenvalue weighted by atomic mass is 9.88. The zero-order chi connectivity index (χ0) is 27.3. The van der Waals surface area contributed by atoms with Crippen LogP contribution in [0.1, 0.15) is 46.2 Å². The molecule has 2 aliphatic heterocycles. The van der Waals surface area contributed by atoms with Gasteiger partial charge in [-0.2, -0.15) is 5.10 Å². The molecule has 0 fully saturated rings. The summed E-state index contributed by atoms with van der Waals surface area (Å²) in [4.78, 5) is 11.9. The lowest BCUT2D eigenvalue weighted by Crippen LogP contribution is -2.13. The Balaban J connectivity index is 1.42. The average Bonchev–Trinajstić information content (AvgIpc) is 3.55. The molecule has 6 rings (SSSR count). The first-order valence-corrected chi connectivity index (χ1v) is 12.8. The summed E-state index contributed by atoms with van der Waals surface area (Å²) < 4.78 is 42.0. The summed E-state index contributed by atoms with van der Waals surface area (Å²) in [6.07, 6.45) is 4.74. The number of rotatable bonds is 6. The Morgan fingerprint density at radius 2 is 2.00 bits per heavy atom. The highest BCUT2D eigenvalue weighted by Gasteiger charge is 2.27. The summed E-state index contributed by atoms with van der Waals surface area (Å²) in [7, 11) is 0. The predicted octanol–water partition coefficient (Wildman–Crippen LogP) is 5.55. The molecule has 1 unspecified atom stereocenters. The van der Waals surface area contributed by atoms with E-state index in [0.29, 0.717) is 53.1 Å². The molecule has 0 amide bonds. The molecule has 0 bridgehead atoms. The van der Waals surface area contributed by atoms with Crippen molar-refractivity contribution in [2.45, 2.75) is 45.8 Å². The second-order valence-corrected chi connectivity index (χ2v) is 10.0. The van der Waals surface area contributed by atoms with Gasteiger partial charge in [0, 0.05) is 29.9 Å². The number of benzene rings is 2. The van der Waals surface area contributed by atoms with Gasteiger partial charge in [-0.15, -0.1) is 0 Å². The number of nitrogens with one attached hydrogen (secondary N) is 1. The Hall–Kier alpha value is -4.40. The van der Waals surface area contributed by atoms with Crippen LogP contribution in [0.4, 0.5) is 8.78 Å². The van der Waals surface area contributed by atoms with Crippen molar-refractivity contribution in [3.8, 4) is 16.9 Å². The van der Waals surface area contributed by atoms with Crippen LogP contribution in [0.2, 0.25) is 0 Å². The number of aryl methyl sites for hydroxylation is 1. The van der Waals surface area contributed by atoms with Crippen molar-refractivity contribution in [3.63, 3.8) is 0 Å². The third-order valence-corrected chi connectivity index (χ3v) is 7.36. The minimum Gasteiger partial charge on any atom is -0.490 e. The molecule has 2 aromatic carbocycles. The van der Waals surface area contributed by atoms with Crippen LogP contribution in [0.5, 0.6) is 5.75 Å². The molecule has 0 aliphatic carbocycles. The molecule has 2 aliphatic rings. The summed E-state index contributed by atoms with van der Waals surface area (Å²) in [5.41, 5.74) is 6.44. The number of pyridine rings is 1.